The van der Waals surface area contributed by atoms with Crippen molar-refractivity contribution in [2.24, 2.45) is 0 Å². The zero-order valence-electron chi connectivity index (χ0n) is 33.5. The van der Waals surface area contributed by atoms with E-state index in [1.807, 2.05) is 18.2 Å². The van der Waals surface area contributed by atoms with Crippen LogP contribution in [0.2, 0.25) is 0 Å². The van der Waals surface area contributed by atoms with Gasteiger partial charge < -0.3 is 4.42 Å². The number of hydrogen-bond donors (Lipinski definition) is 0. The maximum absolute atomic E-state index is 7.08. The molecule has 0 unspecified atom stereocenters. The van der Waals surface area contributed by atoms with Crippen LogP contribution in [0.15, 0.2) is 217 Å². The minimum Gasteiger partial charge on any atom is -0.455 e. The van der Waals surface area contributed by atoms with Crippen LogP contribution in [-0.4, -0.2) is 15.0 Å². The summed E-state index contributed by atoms with van der Waals surface area (Å²) < 4.78 is 7.08. The van der Waals surface area contributed by atoms with Crippen molar-refractivity contribution in [2.45, 2.75) is 5.41 Å². The van der Waals surface area contributed by atoms with Gasteiger partial charge in [-0.2, -0.15) is 0 Å². The van der Waals surface area contributed by atoms with Crippen LogP contribution < -0.4 is 0 Å². The van der Waals surface area contributed by atoms with E-state index in [9.17, 15) is 0 Å². The van der Waals surface area contributed by atoms with Crippen molar-refractivity contribution in [3.8, 4) is 78.7 Å². The Kier molecular flexibility index (Phi) is 7.49. The van der Waals surface area contributed by atoms with E-state index in [1.165, 1.54) is 38.9 Å². The van der Waals surface area contributed by atoms with Crippen molar-refractivity contribution in [3.05, 3.63) is 235 Å². The first kappa shape index (κ1) is 34.6. The van der Waals surface area contributed by atoms with Gasteiger partial charge >= 0.3 is 0 Å². The van der Waals surface area contributed by atoms with Gasteiger partial charge in [-0.05, 0) is 79.4 Å². The second kappa shape index (κ2) is 13.4. The first-order valence-corrected chi connectivity index (χ1v) is 21.1. The quantitative estimate of drug-likeness (QED) is 0.174. The van der Waals surface area contributed by atoms with E-state index in [1.54, 1.807) is 0 Å². The summed E-state index contributed by atoms with van der Waals surface area (Å²) in [7, 11) is 0. The Morgan fingerprint density at radius 3 is 1.37 bits per heavy atom. The number of nitrogens with zero attached hydrogens (tertiary/aromatic N) is 3. The molecule has 2 heterocycles. The summed E-state index contributed by atoms with van der Waals surface area (Å²) in [6.07, 6.45) is 0. The van der Waals surface area contributed by atoms with Crippen molar-refractivity contribution in [1.29, 1.82) is 0 Å². The highest BCUT2D eigenvalue weighted by Crippen LogP contribution is 2.64. The molecule has 0 saturated heterocycles. The van der Waals surface area contributed by atoms with Gasteiger partial charge in [-0.15, -0.1) is 0 Å². The van der Waals surface area contributed by atoms with Crippen LogP contribution in [0, 0.1) is 0 Å². The molecular weight excluding hydrogens is 755 g/mol. The van der Waals surface area contributed by atoms with E-state index in [0.29, 0.717) is 17.5 Å². The lowest BCUT2D eigenvalue weighted by Gasteiger charge is -2.30. The van der Waals surface area contributed by atoms with Gasteiger partial charge in [0.25, 0.3) is 0 Å². The summed E-state index contributed by atoms with van der Waals surface area (Å²) in [6, 6.07) is 75.3. The minimum atomic E-state index is -0.463. The Bertz CT molecular complexity index is 3440. The summed E-state index contributed by atoms with van der Waals surface area (Å²) in [5.74, 6) is 1.80. The molecule has 0 radical (unpaired) electrons. The molecule has 2 aliphatic carbocycles. The molecule has 62 heavy (non-hydrogen) atoms. The molecule has 0 saturated carbocycles. The van der Waals surface area contributed by atoms with Crippen LogP contribution in [0.5, 0.6) is 0 Å². The van der Waals surface area contributed by atoms with Gasteiger partial charge in [0.1, 0.15) is 11.2 Å². The van der Waals surface area contributed by atoms with Gasteiger partial charge in [0, 0.05) is 33.0 Å². The summed E-state index contributed by atoms with van der Waals surface area (Å²) in [4.78, 5) is 15.8. The first-order valence-electron chi connectivity index (χ1n) is 21.1. The third kappa shape index (κ3) is 4.98. The van der Waals surface area contributed by atoms with Crippen LogP contribution in [-0.2, 0) is 5.41 Å². The molecule has 9 aromatic carbocycles. The Morgan fingerprint density at radius 1 is 0.323 bits per heavy atom. The molecule has 11 aromatic rings. The topological polar surface area (TPSA) is 51.8 Å². The first-order chi connectivity index (χ1) is 30.7. The Labute approximate surface area is 358 Å². The largest absolute Gasteiger partial charge is 0.455 e. The van der Waals surface area contributed by atoms with Crippen LogP contribution >= 0.6 is 0 Å². The van der Waals surface area contributed by atoms with Crippen molar-refractivity contribution in [1.82, 2.24) is 15.0 Å². The highest BCUT2D eigenvalue weighted by Gasteiger charge is 2.52. The Hall–Kier alpha value is -8.21. The lowest BCUT2D eigenvalue weighted by atomic mass is 9.70. The van der Waals surface area contributed by atoms with Crippen LogP contribution in [0.4, 0.5) is 0 Å². The number of rotatable bonds is 5. The van der Waals surface area contributed by atoms with E-state index < -0.39 is 5.41 Å². The molecule has 0 bridgehead atoms. The lowest BCUT2D eigenvalue weighted by molar-refractivity contribution is 0.669. The molecule has 0 N–H and O–H groups in total. The zero-order valence-corrected chi connectivity index (χ0v) is 33.5. The standard InChI is InChI=1S/C58H35N3O/c1-3-16-36(17-4-1)38-20-13-22-40(34-38)55-59-56(41-23-14-21-39(35-41)37-18-5-2-6-19-37)61-57(60-55)46-27-15-31-51-52(46)45-32-33-50-53(54(45)62-51)44-26-9-12-30-49(44)58(50)47-28-10-7-24-42(47)43-25-8-11-29-48(43)58/h1-35H. The van der Waals surface area contributed by atoms with Crippen LogP contribution in [0.1, 0.15) is 22.3 Å². The summed E-state index contributed by atoms with van der Waals surface area (Å²) >= 11 is 0. The molecule has 2 aromatic heterocycles. The minimum absolute atomic E-state index is 0.463. The Balaban J connectivity index is 1.05. The van der Waals surface area contributed by atoms with E-state index in [0.717, 1.165) is 66.4 Å². The summed E-state index contributed by atoms with van der Waals surface area (Å²) in [5, 5.41) is 2.01. The Morgan fingerprint density at radius 2 is 0.774 bits per heavy atom. The molecule has 0 atom stereocenters. The highest BCUT2D eigenvalue weighted by molar-refractivity contribution is 6.17. The smallest absolute Gasteiger partial charge is 0.164 e. The number of aromatic nitrogens is 3. The molecule has 1 spiro atoms. The van der Waals surface area contributed by atoms with Crippen molar-refractivity contribution >= 4 is 21.9 Å². The molecule has 4 heteroatoms. The van der Waals surface area contributed by atoms with Crippen molar-refractivity contribution < 1.29 is 4.42 Å². The highest BCUT2D eigenvalue weighted by atomic mass is 16.3. The van der Waals surface area contributed by atoms with E-state index in [-0.39, 0.29) is 0 Å². The molecule has 0 fully saturated rings. The third-order valence-corrected chi connectivity index (χ3v) is 13.0. The van der Waals surface area contributed by atoms with Crippen LogP contribution in [0.25, 0.3) is 101 Å². The SMILES string of the molecule is c1ccc(-c2cccc(-c3nc(-c4cccc(-c5ccccc5)c4)nc(-c4cccc5oc6c7c(ccc6c45)C4(c5ccccc5-c5ccccc54)c4ccccc4-7)n3)c2)cc1. The van der Waals surface area contributed by atoms with E-state index in [4.69, 9.17) is 19.4 Å². The van der Waals surface area contributed by atoms with Gasteiger partial charge in [-0.25, -0.2) is 15.0 Å². The van der Waals surface area contributed by atoms with Crippen molar-refractivity contribution in [2.75, 3.05) is 0 Å². The maximum Gasteiger partial charge on any atom is 0.164 e. The van der Waals surface area contributed by atoms with Crippen LogP contribution in [0.3, 0.4) is 0 Å². The molecule has 288 valence electrons. The average Bonchev–Trinajstić information content (AvgIpc) is 3.99. The normalized spacial score (nSPS) is 13.0. The second-order valence-electron chi connectivity index (χ2n) is 16.2. The fraction of sp³-hybridized carbons (Fsp3) is 0.0172. The van der Waals surface area contributed by atoms with Gasteiger partial charge in [-0.1, -0.05) is 194 Å². The predicted molar refractivity (Wildman–Crippen MR) is 251 cm³/mol. The van der Waals surface area contributed by atoms with Gasteiger partial charge in [0.05, 0.1) is 5.41 Å². The number of benzene rings is 9. The fourth-order valence-corrected chi connectivity index (χ4v) is 10.3. The monoisotopic (exact) mass is 789 g/mol. The fourth-order valence-electron chi connectivity index (χ4n) is 10.3. The zero-order chi connectivity index (χ0) is 40.8. The van der Waals surface area contributed by atoms with E-state index >= 15 is 0 Å². The van der Waals surface area contributed by atoms with Gasteiger partial charge in [0.2, 0.25) is 0 Å². The average molecular weight is 790 g/mol. The lowest BCUT2D eigenvalue weighted by Crippen LogP contribution is -2.25. The third-order valence-electron chi connectivity index (χ3n) is 13.0. The van der Waals surface area contributed by atoms with E-state index in [2.05, 4.69) is 194 Å². The number of fused-ring (bicyclic) bond motifs is 14. The molecular formula is C58H35N3O. The second-order valence-corrected chi connectivity index (χ2v) is 16.2. The molecule has 2 aliphatic rings. The van der Waals surface area contributed by atoms with Gasteiger partial charge in [-0.3, -0.25) is 0 Å². The maximum atomic E-state index is 7.08. The molecule has 0 aliphatic heterocycles. The number of furan rings is 1. The van der Waals surface area contributed by atoms with Crippen molar-refractivity contribution in [3.63, 3.8) is 0 Å². The molecule has 0 amide bonds. The predicted octanol–water partition coefficient (Wildman–Crippen LogP) is 14.4. The molecule has 13 rings (SSSR count). The molecule has 4 nitrogen and oxygen atoms in total. The summed E-state index contributed by atoms with van der Waals surface area (Å²) in [5.41, 5.74) is 18.4. The number of hydrogen-bond acceptors (Lipinski definition) is 4. The van der Waals surface area contributed by atoms with Gasteiger partial charge in [0.15, 0.2) is 17.5 Å². The summed E-state index contributed by atoms with van der Waals surface area (Å²) in [6.45, 7) is 0.